The SMILES string of the molecule is Cc1ccc(OCC(O)Cn2c(=N)n(C)c3ccccc32)cc1. The standard InChI is InChI=1S/C18H21N3O2/c1-13-7-9-15(10-8-13)23-12-14(22)11-21-17-6-4-3-5-16(17)20(2)18(21)19/h3-10,14,19,22H,11-12H2,1-2H3. The van der Waals surface area contributed by atoms with Gasteiger partial charge in [0.25, 0.3) is 0 Å². The Morgan fingerprint density at radius 1 is 1.09 bits per heavy atom. The molecule has 0 amide bonds. The molecule has 1 heterocycles. The van der Waals surface area contributed by atoms with Gasteiger partial charge in [-0.25, -0.2) is 0 Å². The van der Waals surface area contributed by atoms with Gasteiger partial charge in [0.2, 0.25) is 5.62 Å². The van der Waals surface area contributed by atoms with Gasteiger partial charge in [0.05, 0.1) is 17.6 Å². The number of rotatable bonds is 5. The number of hydrogen-bond acceptors (Lipinski definition) is 3. The molecule has 0 bridgehead atoms. The molecule has 1 atom stereocenters. The van der Waals surface area contributed by atoms with Crippen LogP contribution in [0.1, 0.15) is 5.56 Å². The van der Waals surface area contributed by atoms with E-state index in [0.29, 0.717) is 12.2 Å². The van der Waals surface area contributed by atoms with E-state index < -0.39 is 6.10 Å². The van der Waals surface area contributed by atoms with Crippen molar-refractivity contribution in [3.63, 3.8) is 0 Å². The lowest BCUT2D eigenvalue weighted by Gasteiger charge is -2.14. The van der Waals surface area contributed by atoms with Crippen molar-refractivity contribution in [3.05, 3.63) is 59.7 Å². The lowest BCUT2D eigenvalue weighted by Crippen LogP contribution is -2.30. The maximum absolute atomic E-state index is 10.3. The van der Waals surface area contributed by atoms with Gasteiger partial charge >= 0.3 is 0 Å². The molecule has 0 radical (unpaired) electrons. The second kappa shape index (κ2) is 6.30. The number of nitrogens with one attached hydrogen (secondary N) is 1. The van der Waals surface area contributed by atoms with Crippen molar-refractivity contribution in [3.8, 4) is 5.75 Å². The van der Waals surface area contributed by atoms with Gasteiger partial charge in [-0.2, -0.15) is 0 Å². The molecular formula is C18H21N3O2. The largest absolute Gasteiger partial charge is 0.491 e. The number of aromatic nitrogens is 2. The maximum Gasteiger partial charge on any atom is 0.202 e. The van der Waals surface area contributed by atoms with Gasteiger partial charge in [-0.3, -0.25) is 5.41 Å². The molecule has 2 aromatic carbocycles. The van der Waals surface area contributed by atoms with Crippen molar-refractivity contribution >= 4 is 11.0 Å². The summed E-state index contributed by atoms with van der Waals surface area (Å²) in [5.41, 5.74) is 3.45. The fourth-order valence-electron chi connectivity index (χ4n) is 2.66. The minimum absolute atomic E-state index is 0.193. The van der Waals surface area contributed by atoms with Crippen LogP contribution in [0.3, 0.4) is 0 Å². The van der Waals surface area contributed by atoms with Crippen molar-refractivity contribution in [2.75, 3.05) is 6.61 Å². The Kier molecular flexibility index (Phi) is 4.21. The van der Waals surface area contributed by atoms with E-state index in [1.165, 1.54) is 5.56 Å². The number of aliphatic hydroxyl groups is 1. The predicted molar refractivity (Wildman–Crippen MR) is 89.4 cm³/mol. The highest BCUT2D eigenvalue weighted by Gasteiger charge is 2.12. The van der Waals surface area contributed by atoms with Crippen LogP contribution in [0.2, 0.25) is 0 Å². The van der Waals surface area contributed by atoms with E-state index in [-0.39, 0.29) is 6.61 Å². The number of nitrogens with zero attached hydrogens (tertiary/aromatic N) is 2. The van der Waals surface area contributed by atoms with Gasteiger partial charge in [-0.15, -0.1) is 0 Å². The van der Waals surface area contributed by atoms with Crippen LogP contribution in [0.5, 0.6) is 5.75 Å². The van der Waals surface area contributed by atoms with Gasteiger partial charge < -0.3 is 19.0 Å². The Morgan fingerprint density at radius 2 is 1.74 bits per heavy atom. The minimum atomic E-state index is -0.684. The van der Waals surface area contributed by atoms with Crippen LogP contribution in [0, 0.1) is 12.3 Å². The van der Waals surface area contributed by atoms with Crippen LogP contribution in [-0.2, 0) is 13.6 Å². The first kappa shape index (κ1) is 15.4. The number of imidazole rings is 1. The fraction of sp³-hybridized carbons (Fsp3) is 0.278. The molecule has 120 valence electrons. The molecule has 0 spiro atoms. The summed E-state index contributed by atoms with van der Waals surface area (Å²) in [5, 5.41) is 18.5. The molecule has 5 nitrogen and oxygen atoms in total. The summed E-state index contributed by atoms with van der Waals surface area (Å²) in [6.45, 7) is 2.54. The quantitative estimate of drug-likeness (QED) is 0.759. The second-order valence-electron chi connectivity index (χ2n) is 5.76. The Bertz CT molecular complexity index is 862. The normalized spacial score (nSPS) is 12.5. The zero-order valence-corrected chi connectivity index (χ0v) is 13.4. The average Bonchev–Trinajstić information content (AvgIpc) is 2.80. The monoisotopic (exact) mass is 311 g/mol. The van der Waals surface area contributed by atoms with Gasteiger partial charge in [-0.1, -0.05) is 29.8 Å². The van der Waals surface area contributed by atoms with Crippen LogP contribution in [0.25, 0.3) is 11.0 Å². The van der Waals surface area contributed by atoms with E-state index in [9.17, 15) is 5.11 Å². The molecule has 1 unspecified atom stereocenters. The van der Waals surface area contributed by atoms with Crippen LogP contribution < -0.4 is 10.4 Å². The third kappa shape index (κ3) is 3.14. The molecule has 0 aliphatic heterocycles. The number of aryl methyl sites for hydroxylation is 2. The highest BCUT2D eigenvalue weighted by molar-refractivity contribution is 5.75. The Morgan fingerprint density at radius 3 is 2.43 bits per heavy atom. The zero-order valence-electron chi connectivity index (χ0n) is 13.4. The van der Waals surface area contributed by atoms with E-state index in [0.717, 1.165) is 16.8 Å². The molecule has 3 aromatic rings. The summed E-state index contributed by atoms with van der Waals surface area (Å²) < 4.78 is 9.23. The number of aliphatic hydroxyl groups excluding tert-OH is 1. The maximum atomic E-state index is 10.3. The van der Waals surface area contributed by atoms with E-state index in [1.807, 2.05) is 67.1 Å². The zero-order chi connectivity index (χ0) is 16.4. The van der Waals surface area contributed by atoms with Crippen LogP contribution in [0.15, 0.2) is 48.5 Å². The minimum Gasteiger partial charge on any atom is -0.491 e. The predicted octanol–water partition coefficient (Wildman–Crippen LogP) is 2.21. The highest BCUT2D eigenvalue weighted by Crippen LogP contribution is 2.14. The van der Waals surface area contributed by atoms with Crippen molar-refractivity contribution < 1.29 is 9.84 Å². The van der Waals surface area contributed by atoms with Gasteiger partial charge in [0.1, 0.15) is 18.5 Å². The van der Waals surface area contributed by atoms with E-state index >= 15 is 0 Å². The number of fused-ring (bicyclic) bond motifs is 1. The molecule has 3 rings (SSSR count). The van der Waals surface area contributed by atoms with Crippen molar-refractivity contribution in [2.45, 2.75) is 19.6 Å². The summed E-state index contributed by atoms with van der Waals surface area (Å²) in [6.07, 6.45) is -0.684. The molecule has 23 heavy (non-hydrogen) atoms. The summed E-state index contributed by atoms with van der Waals surface area (Å²) >= 11 is 0. The fourth-order valence-corrected chi connectivity index (χ4v) is 2.66. The summed E-state index contributed by atoms with van der Waals surface area (Å²) in [5.74, 6) is 0.740. The molecule has 2 N–H and O–H groups in total. The number of hydrogen-bond donors (Lipinski definition) is 2. The van der Waals surface area contributed by atoms with E-state index in [4.69, 9.17) is 10.1 Å². The summed E-state index contributed by atoms with van der Waals surface area (Å²) in [7, 11) is 1.86. The second-order valence-corrected chi connectivity index (χ2v) is 5.76. The smallest absolute Gasteiger partial charge is 0.202 e. The first-order valence-electron chi connectivity index (χ1n) is 7.62. The lowest BCUT2D eigenvalue weighted by molar-refractivity contribution is 0.0921. The number of para-hydroxylation sites is 2. The molecule has 0 fully saturated rings. The Labute approximate surface area is 134 Å². The first-order valence-corrected chi connectivity index (χ1v) is 7.62. The molecule has 1 aromatic heterocycles. The van der Waals surface area contributed by atoms with Crippen LogP contribution in [-0.4, -0.2) is 27.0 Å². The molecule has 0 saturated carbocycles. The molecule has 0 aliphatic rings. The first-order chi connectivity index (χ1) is 11.1. The van der Waals surface area contributed by atoms with Gasteiger partial charge in [0, 0.05) is 7.05 Å². The molecule has 0 saturated heterocycles. The van der Waals surface area contributed by atoms with Crippen molar-refractivity contribution in [1.29, 1.82) is 5.41 Å². The summed E-state index contributed by atoms with van der Waals surface area (Å²) in [6, 6.07) is 15.6. The number of ether oxygens (including phenoxy) is 1. The Balaban J connectivity index is 1.73. The number of benzene rings is 2. The molecule has 5 heteroatoms. The topological polar surface area (TPSA) is 63.2 Å². The van der Waals surface area contributed by atoms with Crippen LogP contribution in [0.4, 0.5) is 0 Å². The summed E-state index contributed by atoms with van der Waals surface area (Å²) in [4.78, 5) is 0. The highest BCUT2D eigenvalue weighted by atomic mass is 16.5. The Hall–Kier alpha value is -2.53. The third-order valence-electron chi connectivity index (χ3n) is 3.96. The van der Waals surface area contributed by atoms with Gasteiger partial charge in [0.15, 0.2) is 0 Å². The average molecular weight is 311 g/mol. The molecule has 0 aliphatic carbocycles. The van der Waals surface area contributed by atoms with E-state index in [2.05, 4.69) is 0 Å². The van der Waals surface area contributed by atoms with Crippen molar-refractivity contribution in [2.24, 2.45) is 7.05 Å². The van der Waals surface area contributed by atoms with Gasteiger partial charge in [-0.05, 0) is 31.2 Å². The van der Waals surface area contributed by atoms with Crippen LogP contribution >= 0.6 is 0 Å². The molecular weight excluding hydrogens is 290 g/mol. The van der Waals surface area contributed by atoms with E-state index in [1.54, 1.807) is 4.57 Å². The van der Waals surface area contributed by atoms with Crippen molar-refractivity contribution in [1.82, 2.24) is 9.13 Å². The lowest BCUT2D eigenvalue weighted by atomic mass is 10.2. The third-order valence-corrected chi connectivity index (χ3v) is 3.96.